The van der Waals surface area contributed by atoms with Gasteiger partial charge in [0.15, 0.2) is 0 Å². The molecule has 0 bridgehead atoms. The topological polar surface area (TPSA) is 38.0 Å². The van der Waals surface area contributed by atoms with Crippen LogP contribution in [0.25, 0.3) is 0 Å². The maximum absolute atomic E-state index is 5.30. The number of benzene rings is 2. The normalized spacial score (nSPS) is 9.93. The van der Waals surface area contributed by atoms with Crippen LogP contribution in [0.2, 0.25) is 0 Å². The van der Waals surface area contributed by atoms with Crippen molar-refractivity contribution in [2.24, 2.45) is 5.84 Å². The molecule has 0 aromatic heterocycles. The summed E-state index contributed by atoms with van der Waals surface area (Å²) < 4.78 is 0. The number of anilines is 1. The first-order chi connectivity index (χ1) is 7.38. The Bertz CT molecular complexity index is 411. The molecular formula is C12H12N2S. The molecule has 3 heteroatoms. The van der Waals surface area contributed by atoms with Crippen LogP contribution >= 0.6 is 11.8 Å². The van der Waals surface area contributed by atoms with E-state index in [4.69, 9.17) is 5.84 Å². The molecule has 0 atom stereocenters. The molecule has 0 unspecified atom stereocenters. The van der Waals surface area contributed by atoms with Gasteiger partial charge < -0.3 is 5.43 Å². The molecule has 0 aliphatic heterocycles. The highest BCUT2D eigenvalue weighted by atomic mass is 32.2. The number of nitrogens with two attached hydrogens (primary N) is 1. The molecule has 0 aliphatic rings. The van der Waals surface area contributed by atoms with Crippen LogP contribution in [0.4, 0.5) is 5.69 Å². The first-order valence-electron chi connectivity index (χ1n) is 4.68. The lowest BCUT2D eigenvalue weighted by atomic mass is 10.3. The summed E-state index contributed by atoms with van der Waals surface area (Å²) in [5.41, 5.74) is 3.53. The zero-order chi connectivity index (χ0) is 10.5. The fraction of sp³-hybridized carbons (Fsp3) is 0. The number of rotatable bonds is 3. The Morgan fingerprint density at radius 1 is 0.800 bits per heavy atom. The van der Waals surface area contributed by atoms with Crippen LogP contribution in [-0.4, -0.2) is 0 Å². The van der Waals surface area contributed by atoms with Gasteiger partial charge in [0.25, 0.3) is 0 Å². The third-order valence-corrected chi connectivity index (χ3v) is 3.02. The van der Waals surface area contributed by atoms with E-state index in [2.05, 4.69) is 17.6 Å². The smallest absolute Gasteiger partial charge is 0.0485 e. The Hall–Kier alpha value is -1.45. The summed E-state index contributed by atoms with van der Waals surface area (Å²) >= 11 is 1.74. The lowest BCUT2D eigenvalue weighted by Crippen LogP contribution is -2.05. The van der Waals surface area contributed by atoms with Crippen molar-refractivity contribution in [1.29, 1.82) is 0 Å². The standard InChI is InChI=1S/C12H12N2S/c13-14-10-6-8-12(9-7-10)15-11-4-2-1-3-5-11/h1-9,14H,13H2. The summed E-state index contributed by atoms with van der Waals surface area (Å²) in [4.78, 5) is 2.45. The Morgan fingerprint density at radius 3 is 2.00 bits per heavy atom. The molecule has 0 amide bonds. The van der Waals surface area contributed by atoms with Crippen molar-refractivity contribution in [1.82, 2.24) is 0 Å². The molecule has 0 heterocycles. The van der Waals surface area contributed by atoms with Gasteiger partial charge in [-0.15, -0.1) is 0 Å². The van der Waals surface area contributed by atoms with Crippen molar-refractivity contribution in [2.75, 3.05) is 5.43 Å². The van der Waals surface area contributed by atoms with E-state index in [0.29, 0.717) is 0 Å². The fourth-order valence-electron chi connectivity index (χ4n) is 1.24. The van der Waals surface area contributed by atoms with E-state index in [1.807, 2.05) is 42.5 Å². The molecule has 2 aromatic carbocycles. The lowest BCUT2D eigenvalue weighted by molar-refractivity contribution is 1.33. The molecule has 15 heavy (non-hydrogen) atoms. The molecule has 0 aliphatic carbocycles. The Kier molecular flexibility index (Phi) is 3.27. The quantitative estimate of drug-likeness (QED) is 0.611. The molecule has 2 aromatic rings. The summed E-state index contributed by atoms with van der Waals surface area (Å²) in [6, 6.07) is 18.3. The predicted molar refractivity (Wildman–Crippen MR) is 64.8 cm³/mol. The third kappa shape index (κ3) is 2.75. The minimum atomic E-state index is 0.924. The summed E-state index contributed by atoms with van der Waals surface area (Å²) in [6.45, 7) is 0. The SMILES string of the molecule is NNc1ccc(Sc2ccccc2)cc1. The molecule has 0 fully saturated rings. The monoisotopic (exact) mass is 216 g/mol. The molecule has 2 rings (SSSR count). The van der Waals surface area contributed by atoms with Gasteiger partial charge >= 0.3 is 0 Å². The first-order valence-corrected chi connectivity index (χ1v) is 5.50. The van der Waals surface area contributed by atoms with Crippen LogP contribution in [-0.2, 0) is 0 Å². The Morgan fingerprint density at radius 2 is 1.40 bits per heavy atom. The zero-order valence-electron chi connectivity index (χ0n) is 8.18. The fourth-order valence-corrected chi connectivity index (χ4v) is 2.08. The van der Waals surface area contributed by atoms with Crippen LogP contribution in [0.5, 0.6) is 0 Å². The van der Waals surface area contributed by atoms with E-state index >= 15 is 0 Å². The van der Waals surface area contributed by atoms with Gasteiger partial charge in [0.05, 0.1) is 0 Å². The van der Waals surface area contributed by atoms with E-state index in [1.54, 1.807) is 11.8 Å². The van der Waals surface area contributed by atoms with Crippen molar-refractivity contribution in [2.45, 2.75) is 9.79 Å². The van der Waals surface area contributed by atoms with Gasteiger partial charge in [0.2, 0.25) is 0 Å². The maximum atomic E-state index is 5.30. The Labute approximate surface area is 93.5 Å². The highest BCUT2D eigenvalue weighted by Crippen LogP contribution is 2.27. The van der Waals surface area contributed by atoms with Gasteiger partial charge in [-0.2, -0.15) is 0 Å². The molecular weight excluding hydrogens is 204 g/mol. The molecule has 76 valence electrons. The van der Waals surface area contributed by atoms with Gasteiger partial charge in [-0.25, -0.2) is 0 Å². The number of nitrogens with one attached hydrogen (secondary N) is 1. The number of hydrogen-bond acceptors (Lipinski definition) is 3. The summed E-state index contributed by atoms with van der Waals surface area (Å²) in [7, 11) is 0. The van der Waals surface area contributed by atoms with Gasteiger partial charge in [0.1, 0.15) is 0 Å². The maximum Gasteiger partial charge on any atom is 0.0485 e. The van der Waals surface area contributed by atoms with Gasteiger partial charge in [-0.1, -0.05) is 30.0 Å². The van der Waals surface area contributed by atoms with Crippen LogP contribution in [0.15, 0.2) is 64.4 Å². The second kappa shape index (κ2) is 4.87. The minimum absolute atomic E-state index is 0.924. The highest BCUT2D eigenvalue weighted by molar-refractivity contribution is 7.99. The van der Waals surface area contributed by atoms with Crippen molar-refractivity contribution >= 4 is 17.4 Å². The second-order valence-electron chi connectivity index (χ2n) is 3.08. The van der Waals surface area contributed by atoms with Crippen LogP contribution in [0, 0.1) is 0 Å². The third-order valence-electron chi connectivity index (χ3n) is 2.00. The predicted octanol–water partition coefficient (Wildman–Crippen LogP) is 3.12. The van der Waals surface area contributed by atoms with Gasteiger partial charge in [-0.3, -0.25) is 5.84 Å². The van der Waals surface area contributed by atoms with Crippen LogP contribution in [0.3, 0.4) is 0 Å². The van der Waals surface area contributed by atoms with Crippen molar-refractivity contribution in [3.63, 3.8) is 0 Å². The summed E-state index contributed by atoms with van der Waals surface area (Å²) in [5, 5.41) is 0. The summed E-state index contributed by atoms with van der Waals surface area (Å²) in [6.07, 6.45) is 0. The van der Waals surface area contributed by atoms with E-state index in [-0.39, 0.29) is 0 Å². The largest absolute Gasteiger partial charge is 0.324 e. The molecule has 0 saturated carbocycles. The van der Waals surface area contributed by atoms with Gasteiger partial charge in [0, 0.05) is 15.5 Å². The highest BCUT2D eigenvalue weighted by Gasteiger charge is 1.96. The number of hydrazine groups is 1. The van der Waals surface area contributed by atoms with Crippen LogP contribution in [0.1, 0.15) is 0 Å². The van der Waals surface area contributed by atoms with E-state index in [0.717, 1.165) is 5.69 Å². The second-order valence-corrected chi connectivity index (χ2v) is 4.23. The summed E-state index contributed by atoms with van der Waals surface area (Å²) in [5.74, 6) is 5.30. The van der Waals surface area contributed by atoms with Crippen molar-refractivity contribution in [3.05, 3.63) is 54.6 Å². The molecule has 2 nitrogen and oxygen atoms in total. The average molecular weight is 216 g/mol. The molecule has 0 spiro atoms. The van der Waals surface area contributed by atoms with Crippen molar-refractivity contribution in [3.8, 4) is 0 Å². The minimum Gasteiger partial charge on any atom is -0.324 e. The first kappa shape index (κ1) is 10.1. The number of nitrogen functional groups attached to an aromatic ring is 1. The molecule has 3 N–H and O–H groups in total. The van der Waals surface area contributed by atoms with Crippen molar-refractivity contribution < 1.29 is 0 Å². The van der Waals surface area contributed by atoms with Gasteiger partial charge in [-0.05, 0) is 36.4 Å². The average Bonchev–Trinajstić information content (AvgIpc) is 2.31. The Balaban J connectivity index is 2.11. The van der Waals surface area contributed by atoms with Crippen LogP contribution < -0.4 is 11.3 Å². The van der Waals surface area contributed by atoms with E-state index < -0.39 is 0 Å². The zero-order valence-corrected chi connectivity index (χ0v) is 9.00. The molecule has 0 saturated heterocycles. The lowest BCUT2D eigenvalue weighted by Gasteiger charge is -2.03. The van der Waals surface area contributed by atoms with E-state index in [9.17, 15) is 0 Å². The van der Waals surface area contributed by atoms with E-state index in [1.165, 1.54) is 9.79 Å². The molecule has 0 radical (unpaired) electrons. The number of hydrogen-bond donors (Lipinski definition) is 2.